The van der Waals surface area contributed by atoms with Crippen LogP contribution in [0.5, 0.6) is 0 Å². The molecule has 0 saturated carbocycles. The predicted octanol–water partition coefficient (Wildman–Crippen LogP) is 4.40. The van der Waals surface area contributed by atoms with Crippen molar-refractivity contribution in [3.8, 4) is 5.82 Å². The first-order chi connectivity index (χ1) is 17.0. The number of nitrogens with zero attached hydrogens (tertiary/aromatic N) is 6. The molecule has 0 spiro atoms. The van der Waals surface area contributed by atoms with E-state index < -0.39 is 5.82 Å². The molecule has 4 heterocycles. The summed E-state index contributed by atoms with van der Waals surface area (Å²) in [6.07, 6.45) is 6.91. The van der Waals surface area contributed by atoms with E-state index in [0.29, 0.717) is 28.6 Å². The fourth-order valence-electron chi connectivity index (χ4n) is 3.98. The summed E-state index contributed by atoms with van der Waals surface area (Å²) in [7, 11) is 0. The van der Waals surface area contributed by atoms with Crippen LogP contribution in [0.25, 0.3) is 16.9 Å². The summed E-state index contributed by atoms with van der Waals surface area (Å²) in [4.78, 5) is 17.9. The number of anilines is 4. The highest BCUT2D eigenvalue weighted by Crippen LogP contribution is 2.25. The number of thioether (sulfide) groups is 1. The fraction of sp³-hybridized carbons (Fsp3) is 0.320. The molecule has 0 unspecified atom stereocenters. The van der Waals surface area contributed by atoms with Gasteiger partial charge in [-0.15, -0.1) is 0 Å². The number of benzene rings is 1. The van der Waals surface area contributed by atoms with E-state index in [4.69, 9.17) is 5.73 Å². The molecule has 0 radical (unpaired) electrons. The van der Waals surface area contributed by atoms with Gasteiger partial charge in [0.2, 0.25) is 5.95 Å². The van der Waals surface area contributed by atoms with Gasteiger partial charge in [0.1, 0.15) is 11.6 Å². The molecular formula is C25H31FN8S. The van der Waals surface area contributed by atoms with E-state index in [1.165, 1.54) is 18.1 Å². The lowest BCUT2D eigenvalue weighted by molar-refractivity contribution is 0.271. The standard InChI is InChI=1S/C23H25FN8.C2H6S/c1-2-30-10-12-31(13-11-30)17-8-6-16(7-9-17)27-23-26-14-18-19(24)15-32(22(18)29-23)21-5-3-4-20(25)28-21;1-3-2/h3-9,14-15H,2,10-13H2,1H3,(H2,25,28)(H,26,27,29);1-2H3. The lowest BCUT2D eigenvalue weighted by atomic mass is 10.2. The van der Waals surface area contributed by atoms with E-state index in [0.717, 1.165) is 38.4 Å². The Morgan fingerprint density at radius 3 is 2.40 bits per heavy atom. The lowest BCUT2D eigenvalue weighted by Crippen LogP contribution is -2.46. The van der Waals surface area contributed by atoms with Crippen LogP contribution in [0.4, 0.5) is 27.5 Å². The van der Waals surface area contributed by atoms with Gasteiger partial charge < -0.3 is 20.9 Å². The third-order valence-electron chi connectivity index (χ3n) is 5.81. The molecule has 5 rings (SSSR count). The van der Waals surface area contributed by atoms with Gasteiger partial charge >= 0.3 is 0 Å². The van der Waals surface area contributed by atoms with Gasteiger partial charge in [0.15, 0.2) is 11.5 Å². The van der Waals surface area contributed by atoms with Gasteiger partial charge in [-0.05, 0) is 55.5 Å². The highest BCUT2D eigenvalue weighted by Gasteiger charge is 2.16. The Labute approximate surface area is 209 Å². The molecule has 10 heteroatoms. The number of rotatable bonds is 5. The summed E-state index contributed by atoms with van der Waals surface area (Å²) < 4.78 is 16.0. The number of nitrogen functional groups attached to an aromatic ring is 1. The maximum Gasteiger partial charge on any atom is 0.229 e. The molecule has 184 valence electrons. The third-order valence-corrected chi connectivity index (χ3v) is 5.81. The summed E-state index contributed by atoms with van der Waals surface area (Å²) >= 11 is 1.75. The normalized spacial score (nSPS) is 14.0. The smallest absolute Gasteiger partial charge is 0.229 e. The number of nitrogens with two attached hydrogens (primary N) is 1. The van der Waals surface area contributed by atoms with E-state index in [1.54, 1.807) is 34.5 Å². The van der Waals surface area contributed by atoms with E-state index in [-0.39, 0.29) is 0 Å². The van der Waals surface area contributed by atoms with Crippen molar-refractivity contribution in [3.63, 3.8) is 0 Å². The molecule has 3 N–H and O–H groups in total. The van der Waals surface area contributed by atoms with E-state index in [9.17, 15) is 4.39 Å². The van der Waals surface area contributed by atoms with Crippen molar-refractivity contribution in [2.45, 2.75) is 6.92 Å². The van der Waals surface area contributed by atoms with Gasteiger partial charge in [0.25, 0.3) is 0 Å². The molecule has 35 heavy (non-hydrogen) atoms. The summed E-state index contributed by atoms with van der Waals surface area (Å²) in [6.45, 7) is 7.53. The van der Waals surface area contributed by atoms with Gasteiger partial charge in [-0.3, -0.25) is 4.57 Å². The van der Waals surface area contributed by atoms with Gasteiger partial charge in [-0.25, -0.2) is 14.4 Å². The number of pyridine rings is 1. The molecular weight excluding hydrogens is 463 g/mol. The fourth-order valence-corrected chi connectivity index (χ4v) is 3.98. The molecule has 0 atom stereocenters. The lowest BCUT2D eigenvalue weighted by Gasteiger charge is -2.35. The van der Waals surface area contributed by atoms with Crippen LogP contribution in [-0.4, -0.2) is 69.7 Å². The predicted molar refractivity (Wildman–Crippen MR) is 145 cm³/mol. The van der Waals surface area contributed by atoms with Crippen molar-refractivity contribution in [1.29, 1.82) is 0 Å². The average molecular weight is 495 g/mol. The van der Waals surface area contributed by atoms with Gasteiger partial charge in [0, 0.05) is 49.9 Å². The molecule has 3 aromatic heterocycles. The third kappa shape index (κ3) is 5.83. The van der Waals surface area contributed by atoms with E-state index in [1.807, 2.05) is 24.6 Å². The average Bonchev–Trinajstić information content (AvgIpc) is 3.21. The van der Waals surface area contributed by atoms with Crippen molar-refractivity contribution in [3.05, 3.63) is 60.7 Å². The Morgan fingerprint density at radius 2 is 1.74 bits per heavy atom. The van der Waals surface area contributed by atoms with Crippen LogP contribution in [0.1, 0.15) is 6.92 Å². The minimum Gasteiger partial charge on any atom is -0.384 e. The highest BCUT2D eigenvalue weighted by molar-refractivity contribution is 7.97. The van der Waals surface area contributed by atoms with Crippen molar-refractivity contribution in [2.75, 3.05) is 61.2 Å². The zero-order chi connectivity index (χ0) is 24.8. The first-order valence-corrected chi connectivity index (χ1v) is 13.2. The number of nitrogens with one attached hydrogen (secondary N) is 1. The second kappa shape index (κ2) is 11.4. The Hall–Kier alpha value is -3.37. The summed E-state index contributed by atoms with van der Waals surface area (Å²) in [6, 6.07) is 13.4. The zero-order valence-corrected chi connectivity index (χ0v) is 21.1. The SMILES string of the molecule is CCN1CCN(c2ccc(Nc3ncc4c(F)cn(-c5cccc(N)n5)c4n3)cc2)CC1.CSC. The zero-order valence-electron chi connectivity index (χ0n) is 20.3. The number of aromatic nitrogens is 4. The van der Waals surface area contributed by atoms with Crippen LogP contribution in [0, 0.1) is 5.82 Å². The number of piperazine rings is 1. The molecule has 1 saturated heterocycles. The summed E-state index contributed by atoms with van der Waals surface area (Å²) in [5, 5.41) is 3.53. The minimum absolute atomic E-state index is 0.321. The Morgan fingerprint density at radius 1 is 1.03 bits per heavy atom. The second-order valence-electron chi connectivity index (χ2n) is 8.20. The number of fused-ring (bicyclic) bond motifs is 1. The van der Waals surface area contributed by atoms with Crippen LogP contribution in [0.15, 0.2) is 54.9 Å². The number of hydrogen-bond donors (Lipinski definition) is 2. The maximum absolute atomic E-state index is 14.4. The van der Waals surface area contributed by atoms with Crippen LogP contribution in [0.2, 0.25) is 0 Å². The van der Waals surface area contributed by atoms with E-state index >= 15 is 0 Å². The first kappa shape index (κ1) is 24.7. The molecule has 4 aromatic rings. The van der Waals surface area contributed by atoms with Gasteiger partial charge in [-0.1, -0.05) is 13.0 Å². The summed E-state index contributed by atoms with van der Waals surface area (Å²) in [5.41, 5.74) is 8.27. The quantitative estimate of drug-likeness (QED) is 0.422. The molecule has 8 nitrogen and oxygen atoms in total. The van der Waals surface area contributed by atoms with Crippen molar-refractivity contribution < 1.29 is 4.39 Å². The van der Waals surface area contributed by atoms with Crippen LogP contribution in [-0.2, 0) is 0 Å². The summed E-state index contributed by atoms with van der Waals surface area (Å²) in [5.74, 6) is 0.817. The Kier molecular flexibility index (Phi) is 8.04. The molecule has 1 aliphatic rings. The number of hydrogen-bond acceptors (Lipinski definition) is 8. The largest absolute Gasteiger partial charge is 0.384 e. The molecule has 1 aromatic carbocycles. The second-order valence-corrected chi connectivity index (χ2v) is 9.02. The van der Waals surface area contributed by atoms with Gasteiger partial charge in [0.05, 0.1) is 5.39 Å². The maximum atomic E-state index is 14.4. The van der Waals surface area contributed by atoms with Gasteiger partial charge in [-0.2, -0.15) is 16.7 Å². The first-order valence-electron chi connectivity index (χ1n) is 11.5. The monoisotopic (exact) mass is 494 g/mol. The topological polar surface area (TPSA) is 88.1 Å². The van der Waals surface area contributed by atoms with Crippen LogP contribution < -0.4 is 16.0 Å². The molecule has 1 aliphatic heterocycles. The molecule has 0 bridgehead atoms. The molecule has 0 aliphatic carbocycles. The Bertz CT molecular complexity index is 1250. The van der Waals surface area contributed by atoms with Crippen LogP contribution >= 0.6 is 11.8 Å². The van der Waals surface area contributed by atoms with Crippen molar-refractivity contribution >= 4 is 45.9 Å². The molecule has 0 amide bonds. The van der Waals surface area contributed by atoms with Crippen LogP contribution in [0.3, 0.4) is 0 Å². The van der Waals surface area contributed by atoms with E-state index in [2.05, 4.69) is 49.1 Å². The number of halogens is 1. The minimum atomic E-state index is -0.414. The Balaban J connectivity index is 0.000000917. The van der Waals surface area contributed by atoms with Crippen molar-refractivity contribution in [1.82, 2.24) is 24.4 Å². The molecule has 1 fully saturated rings. The number of likely N-dealkylation sites (N-methyl/N-ethyl adjacent to an activating group) is 1. The highest BCUT2D eigenvalue weighted by atomic mass is 32.2. The van der Waals surface area contributed by atoms with Crippen molar-refractivity contribution in [2.24, 2.45) is 0 Å².